The van der Waals surface area contributed by atoms with Crippen molar-refractivity contribution in [2.45, 2.75) is 32.2 Å². The van der Waals surface area contributed by atoms with Crippen LogP contribution in [0.15, 0.2) is 12.1 Å². The molecular formula is C15H23N7O. The largest absolute Gasteiger partial charge is 0.353 e. The molecule has 1 atom stereocenters. The van der Waals surface area contributed by atoms with E-state index in [1.807, 2.05) is 19.1 Å². The second kappa shape index (κ2) is 6.39. The molecule has 2 aromatic heterocycles. The number of piperidine rings is 1. The Bertz CT molecular complexity index is 696. The SMILES string of the molecule is CCc1nnc2ccc(N3CCCC(NC(=O)N(C)C)C3)nn12. The van der Waals surface area contributed by atoms with Crippen LogP contribution in [-0.4, -0.2) is 64.0 Å². The summed E-state index contributed by atoms with van der Waals surface area (Å²) in [4.78, 5) is 15.6. The first-order valence-electron chi connectivity index (χ1n) is 8.02. The van der Waals surface area contributed by atoms with Gasteiger partial charge in [0, 0.05) is 39.6 Å². The monoisotopic (exact) mass is 317 g/mol. The molecule has 1 aliphatic rings. The molecule has 23 heavy (non-hydrogen) atoms. The van der Waals surface area contributed by atoms with E-state index in [9.17, 15) is 4.79 Å². The third kappa shape index (κ3) is 3.20. The summed E-state index contributed by atoms with van der Waals surface area (Å²) in [5.74, 6) is 1.76. The lowest BCUT2D eigenvalue weighted by Crippen LogP contribution is -2.50. The third-order valence-electron chi connectivity index (χ3n) is 4.11. The minimum atomic E-state index is -0.0488. The summed E-state index contributed by atoms with van der Waals surface area (Å²) in [5.41, 5.74) is 0.764. The summed E-state index contributed by atoms with van der Waals surface area (Å²) in [6, 6.07) is 4.01. The number of fused-ring (bicyclic) bond motifs is 1. The van der Waals surface area contributed by atoms with Gasteiger partial charge in [0.15, 0.2) is 11.5 Å². The van der Waals surface area contributed by atoms with E-state index < -0.39 is 0 Å². The maximum absolute atomic E-state index is 11.8. The number of anilines is 1. The predicted molar refractivity (Wildman–Crippen MR) is 87.6 cm³/mol. The second-order valence-corrected chi connectivity index (χ2v) is 6.06. The summed E-state index contributed by atoms with van der Waals surface area (Å²) in [6.07, 6.45) is 2.81. The van der Waals surface area contributed by atoms with Gasteiger partial charge in [-0.2, -0.15) is 4.52 Å². The lowest BCUT2D eigenvalue weighted by molar-refractivity contribution is 0.211. The quantitative estimate of drug-likeness (QED) is 0.911. The molecule has 0 aliphatic carbocycles. The third-order valence-corrected chi connectivity index (χ3v) is 4.11. The van der Waals surface area contributed by atoms with E-state index in [1.165, 1.54) is 0 Å². The smallest absolute Gasteiger partial charge is 0.317 e. The summed E-state index contributed by atoms with van der Waals surface area (Å²) in [5, 5.41) is 16.0. The average Bonchev–Trinajstić information content (AvgIpc) is 2.97. The highest BCUT2D eigenvalue weighted by Crippen LogP contribution is 2.18. The summed E-state index contributed by atoms with van der Waals surface area (Å²) >= 11 is 0. The minimum Gasteiger partial charge on any atom is -0.353 e. The number of aryl methyl sites for hydroxylation is 1. The molecule has 3 heterocycles. The Kier molecular flexibility index (Phi) is 4.31. The van der Waals surface area contributed by atoms with Crippen LogP contribution in [0.4, 0.5) is 10.6 Å². The van der Waals surface area contributed by atoms with Gasteiger partial charge in [-0.05, 0) is 25.0 Å². The molecule has 8 nitrogen and oxygen atoms in total. The standard InChI is InChI=1S/C15H23N7O/c1-4-12-17-18-13-7-8-14(19-22(12)13)21-9-5-6-11(10-21)16-15(23)20(2)3/h7-8,11H,4-6,9-10H2,1-3H3,(H,16,23). The highest BCUT2D eigenvalue weighted by atomic mass is 16.2. The molecule has 124 valence electrons. The van der Waals surface area contributed by atoms with Crippen LogP contribution in [0.25, 0.3) is 5.65 Å². The van der Waals surface area contributed by atoms with E-state index in [-0.39, 0.29) is 12.1 Å². The first kappa shape index (κ1) is 15.5. The molecule has 1 saturated heterocycles. The number of nitrogens with one attached hydrogen (secondary N) is 1. The lowest BCUT2D eigenvalue weighted by atomic mass is 10.1. The zero-order valence-electron chi connectivity index (χ0n) is 13.9. The number of amides is 2. The van der Waals surface area contributed by atoms with Gasteiger partial charge in [-0.25, -0.2) is 4.79 Å². The van der Waals surface area contributed by atoms with Gasteiger partial charge in [-0.3, -0.25) is 0 Å². The molecule has 1 N–H and O–H groups in total. The fraction of sp³-hybridized carbons (Fsp3) is 0.600. The van der Waals surface area contributed by atoms with Crippen LogP contribution < -0.4 is 10.2 Å². The predicted octanol–water partition coefficient (Wildman–Crippen LogP) is 0.927. The number of carbonyl (C=O) groups is 1. The molecule has 2 amide bonds. The number of rotatable bonds is 3. The maximum atomic E-state index is 11.8. The van der Waals surface area contributed by atoms with Crippen molar-refractivity contribution in [2.24, 2.45) is 0 Å². The van der Waals surface area contributed by atoms with Gasteiger partial charge in [0.2, 0.25) is 0 Å². The first-order valence-corrected chi connectivity index (χ1v) is 8.02. The average molecular weight is 317 g/mol. The van der Waals surface area contributed by atoms with Crippen LogP contribution in [0.3, 0.4) is 0 Å². The molecule has 0 saturated carbocycles. The molecule has 0 aromatic carbocycles. The Hall–Kier alpha value is -2.38. The Labute approximate surface area is 135 Å². The van der Waals surface area contributed by atoms with Gasteiger partial charge >= 0.3 is 6.03 Å². The van der Waals surface area contributed by atoms with Gasteiger partial charge in [0.05, 0.1) is 0 Å². The van der Waals surface area contributed by atoms with Crippen molar-refractivity contribution in [3.8, 4) is 0 Å². The van der Waals surface area contributed by atoms with Gasteiger partial charge in [0.25, 0.3) is 0 Å². The summed E-state index contributed by atoms with van der Waals surface area (Å²) in [7, 11) is 3.51. The second-order valence-electron chi connectivity index (χ2n) is 6.06. The molecule has 1 fully saturated rings. The van der Waals surface area contributed by atoms with Gasteiger partial charge < -0.3 is 15.1 Å². The van der Waals surface area contributed by atoms with E-state index in [4.69, 9.17) is 0 Å². The zero-order valence-corrected chi connectivity index (χ0v) is 13.9. The van der Waals surface area contributed by atoms with Crippen molar-refractivity contribution in [1.82, 2.24) is 30.0 Å². The summed E-state index contributed by atoms with van der Waals surface area (Å²) in [6.45, 7) is 3.75. The molecule has 1 aliphatic heterocycles. The number of hydrogen-bond donors (Lipinski definition) is 1. The molecule has 2 aromatic rings. The van der Waals surface area contributed by atoms with E-state index >= 15 is 0 Å². The van der Waals surface area contributed by atoms with Crippen LogP contribution in [-0.2, 0) is 6.42 Å². The van der Waals surface area contributed by atoms with Crippen molar-refractivity contribution < 1.29 is 4.79 Å². The number of nitrogens with zero attached hydrogens (tertiary/aromatic N) is 6. The maximum Gasteiger partial charge on any atom is 0.317 e. The number of urea groups is 1. The molecule has 3 rings (SSSR count). The van der Waals surface area contributed by atoms with E-state index in [1.54, 1.807) is 23.5 Å². The van der Waals surface area contributed by atoms with Crippen LogP contribution in [0.1, 0.15) is 25.6 Å². The van der Waals surface area contributed by atoms with Gasteiger partial charge in [0.1, 0.15) is 5.82 Å². The Balaban J connectivity index is 1.76. The molecule has 1 unspecified atom stereocenters. The molecule has 0 bridgehead atoms. The first-order chi connectivity index (χ1) is 11.1. The van der Waals surface area contributed by atoms with E-state index in [0.717, 1.165) is 49.6 Å². The van der Waals surface area contributed by atoms with Crippen molar-refractivity contribution in [1.29, 1.82) is 0 Å². The van der Waals surface area contributed by atoms with Crippen LogP contribution in [0, 0.1) is 0 Å². The number of carbonyl (C=O) groups excluding carboxylic acids is 1. The topological polar surface area (TPSA) is 78.7 Å². The van der Waals surface area contributed by atoms with Crippen molar-refractivity contribution in [2.75, 3.05) is 32.1 Å². The molecule has 0 radical (unpaired) electrons. The van der Waals surface area contributed by atoms with Gasteiger partial charge in [-0.1, -0.05) is 6.92 Å². The molecule has 0 spiro atoms. The van der Waals surface area contributed by atoms with Crippen molar-refractivity contribution >= 4 is 17.5 Å². The summed E-state index contributed by atoms with van der Waals surface area (Å²) < 4.78 is 1.80. The fourth-order valence-corrected chi connectivity index (χ4v) is 2.82. The Morgan fingerprint density at radius 2 is 2.22 bits per heavy atom. The van der Waals surface area contributed by atoms with Crippen LogP contribution >= 0.6 is 0 Å². The van der Waals surface area contributed by atoms with E-state index in [0.29, 0.717) is 0 Å². The normalized spacial score (nSPS) is 18.2. The Morgan fingerprint density at radius 1 is 1.39 bits per heavy atom. The Morgan fingerprint density at radius 3 is 2.96 bits per heavy atom. The minimum absolute atomic E-state index is 0.0488. The lowest BCUT2D eigenvalue weighted by Gasteiger charge is -2.34. The molecule has 8 heteroatoms. The number of hydrogen-bond acceptors (Lipinski definition) is 5. The van der Waals surface area contributed by atoms with Crippen LogP contribution in [0.5, 0.6) is 0 Å². The highest BCUT2D eigenvalue weighted by Gasteiger charge is 2.23. The van der Waals surface area contributed by atoms with Gasteiger partial charge in [-0.15, -0.1) is 15.3 Å². The molecular weight excluding hydrogens is 294 g/mol. The fourth-order valence-electron chi connectivity index (χ4n) is 2.82. The zero-order chi connectivity index (χ0) is 16.4. The van der Waals surface area contributed by atoms with Crippen LogP contribution in [0.2, 0.25) is 0 Å². The van der Waals surface area contributed by atoms with Crippen molar-refractivity contribution in [3.63, 3.8) is 0 Å². The highest BCUT2D eigenvalue weighted by molar-refractivity contribution is 5.74. The number of aromatic nitrogens is 4. The van der Waals surface area contributed by atoms with Crippen molar-refractivity contribution in [3.05, 3.63) is 18.0 Å². The van der Waals surface area contributed by atoms with E-state index in [2.05, 4.69) is 25.5 Å².